The number of amides is 1. The number of benzene rings is 2. The standard InChI is InChI=1S/C18H12F3N5O2/c19-18(20,21)13-3-6-16(26-11-23-10-24-26)15(7-13)25-17(27)9-28-14-4-1-12(8-22)2-5-14/h1-7,10-11H,9H2,(H,25,27). The van der Waals surface area contributed by atoms with Gasteiger partial charge in [-0.05, 0) is 42.5 Å². The lowest BCUT2D eigenvalue weighted by atomic mass is 10.1. The summed E-state index contributed by atoms with van der Waals surface area (Å²) in [6.45, 7) is -0.432. The summed E-state index contributed by atoms with van der Waals surface area (Å²) in [7, 11) is 0. The predicted molar refractivity (Wildman–Crippen MR) is 91.6 cm³/mol. The minimum Gasteiger partial charge on any atom is -0.484 e. The Morgan fingerprint density at radius 2 is 1.96 bits per heavy atom. The highest BCUT2D eigenvalue weighted by Crippen LogP contribution is 2.33. The first-order valence-electron chi connectivity index (χ1n) is 7.86. The van der Waals surface area contributed by atoms with Crippen LogP contribution in [0.5, 0.6) is 5.75 Å². The van der Waals surface area contributed by atoms with Crippen LogP contribution in [-0.4, -0.2) is 27.3 Å². The first-order chi connectivity index (χ1) is 13.4. The van der Waals surface area contributed by atoms with Gasteiger partial charge >= 0.3 is 6.18 Å². The Morgan fingerprint density at radius 1 is 1.21 bits per heavy atom. The SMILES string of the molecule is N#Cc1ccc(OCC(=O)Nc2cc(C(F)(F)F)ccc2-n2cncn2)cc1. The fraction of sp³-hybridized carbons (Fsp3) is 0.111. The molecule has 3 rings (SSSR count). The van der Waals surface area contributed by atoms with E-state index in [4.69, 9.17) is 10.00 Å². The maximum atomic E-state index is 13.0. The molecule has 28 heavy (non-hydrogen) atoms. The first-order valence-corrected chi connectivity index (χ1v) is 7.86. The summed E-state index contributed by atoms with van der Waals surface area (Å²) >= 11 is 0. The van der Waals surface area contributed by atoms with E-state index >= 15 is 0 Å². The van der Waals surface area contributed by atoms with Crippen LogP contribution in [0.15, 0.2) is 55.1 Å². The fourth-order valence-electron chi connectivity index (χ4n) is 2.31. The van der Waals surface area contributed by atoms with Gasteiger partial charge < -0.3 is 10.1 Å². The smallest absolute Gasteiger partial charge is 0.416 e. The van der Waals surface area contributed by atoms with Crippen LogP contribution in [0.25, 0.3) is 5.69 Å². The first kappa shape index (κ1) is 18.9. The highest BCUT2D eigenvalue weighted by molar-refractivity contribution is 5.94. The molecule has 0 spiro atoms. The van der Waals surface area contributed by atoms with Crippen molar-refractivity contribution in [2.45, 2.75) is 6.18 Å². The van der Waals surface area contributed by atoms with Crippen LogP contribution in [0, 0.1) is 11.3 Å². The average Bonchev–Trinajstić information content (AvgIpc) is 3.20. The summed E-state index contributed by atoms with van der Waals surface area (Å²) in [5.74, 6) is -0.320. The van der Waals surface area contributed by atoms with Crippen LogP contribution in [0.4, 0.5) is 18.9 Å². The van der Waals surface area contributed by atoms with Gasteiger partial charge in [-0.15, -0.1) is 0 Å². The van der Waals surface area contributed by atoms with Gasteiger partial charge in [0.25, 0.3) is 5.91 Å². The number of aromatic nitrogens is 3. The van der Waals surface area contributed by atoms with Crippen molar-refractivity contribution in [2.75, 3.05) is 11.9 Å². The Morgan fingerprint density at radius 3 is 2.57 bits per heavy atom. The maximum absolute atomic E-state index is 13.0. The summed E-state index contributed by atoms with van der Waals surface area (Å²) in [5, 5.41) is 15.0. The molecule has 0 saturated heterocycles. The van der Waals surface area contributed by atoms with Crippen LogP contribution in [-0.2, 0) is 11.0 Å². The van der Waals surface area contributed by atoms with Crippen LogP contribution in [0.2, 0.25) is 0 Å². The van der Waals surface area contributed by atoms with Crippen molar-refractivity contribution >= 4 is 11.6 Å². The van der Waals surface area contributed by atoms with Crippen molar-refractivity contribution in [1.29, 1.82) is 5.26 Å². The van der Waals surface area contributed by atoms with Crippen molar-refractivity contribution in [3.63, 3.8) is 0 Å². The largest absolute Gasteiger partial charge is 0.484 e. The third-order valence-corrected chi connectivity index (χ3v) is 3.62. The van der Waals surface area contributed by atoms with Gasteiger partial charge in [-0.2, -0.15) is 23.5 Å². The molecule has 1 heterocycles. The molecular weight excluding hydrogens is 375 g/mol. The number of alkyl halides is 3. The molecule has 0 radical (unpaired) electrons. The van der Waals surface area contributed by atoms with E-state index in [1.807, 2.05) is 6.07 Å². The second-order valence-corrected chi connectivity index (χ2v) is 5.54. The second kappa shape index (κ2) is 7.79. The van der Waals surface area contributed by atoms with Gasteiger partial charge in [0.1, 0.15) is 18.4 Å². The maximum Gasteiger partial charge on any atom is 0.416 e. The molecule has 1 aromatic heterocycles. The van der Waals surface area contributed by atoms with Gasteiger partial charge in [-0.1, -0.05) is 0 Å². The number of halogens is 3. The molecule has 0 aliphatic carbocycles. The Bertz CT molecular complexity index is 1010. The normalized spacial score (nSPS) is 10.9. The molecule has 0 aliphatic heterocycles. The highest BCUT2D eigenvalue weighted by atomic mass is 19.4. The molecule has 2 aromatic carbocycles. The lowest BCUT2D eigenvalue weighted by Gasteiger charge is -2.14. The molecule has 142 valence electrons. The van der Waals surface area contributed by atoms with E-state index < -0.39 is 24.3 Å². The van der Waals surface area contributed by atoms with Crippen LogP contribution >= 0.6 is 0 Å². The Labute approximate surface area is 157 Å². The van der Waals surface area contributed by atoms with Gasteiger partial charge in [0.2, 0.25) is 0 Å². The molecule has 0 bridgehead atoms. The van der Waals surface area contributed by atoms with Crippen LogP contribution < -0.4 is 10.1 Å². The minimum absolute atomic E-state index is 0.0891. The molecule has 10 heteroatoms. The van der Waals surface area contributed by atoms with Crippen LogP contribution in [0.3, 0.4) is 0 Å². The third kappa shape index (κ3) is 4.45. The van der Waals surface area contributed by atoms with Gasteiger partial charge in [-0.25, -0.2) is 9.67 Å². The number of carbonyl (C=O) groups is 1. The topological polar surface area (TPSA) is 92.8 Å². The van der Waals surface area contributed by atoms with E-state index in [2.05, 4.69) is 15.4 Å². The molecule has 0 fully saturated rings. The van der Waals surface area contributed by atoms with E-state index in [1.165, 1.54) is 47.7 Å². The molecule has 3 aromatic rings. The van der Waals surface area contributed by atoms with E-state index in [1.54, 1.807) is 0 Å². The van der Waals surface area contributed by atoms with Crippen molar-refractivity contribution in [1.82, 2.24) is 14.8 Å². The zero-order valence-corrected chi connectivity index (χ0v) is 14.1. The molecule has 7 nitrogen and oxygen atoms in total. The van der Waals surface area contributed by atoms with Gasteiger partial charge in [-0.3, -0.25) is 4.79 Å². The highest BCUT2D eigenvalue weighted by Gasteiger charge is 2.31. The predicted octanol–water partition coefficient (Wildman–Crippen LogP) is 3.18. The van der Waals surface area contributed by atoms with E-state index in [-0.39, 0.29) is 11.4 Å². The van der Waals surface area contributed by atoms with Gasteiger partial charge in [0.15, 0.2) is 6.61 Å². The molecule has 0 atom stereocenters. The summed E-state index contributed by atoms with van der Waals surface area (Å²) in [6, 6.07) is 10.9. The number of rotatable bonds is 5. The zero-order valence-electron chi connectivity index (χ0n) is 14.1. The Hall–Kier alpha value is -3.87. The Kier molecular flexibility index (Phi) is 5.26. The summed E-state index contributed by atoms with van der Waals surface area (Å²) in [5.41, 5.74) is -0.358. The number of nitrogens with zero attached hydrogens (tertiary/aromatic N) is 4. The number of anilines is 1. The van der Waals surface area contributed by atoms with Crippen molar-refractivity contribution < 1.29 is 22.7 Å². The van der Waals surface area contributed by atoms with Crippen molar-refractivity contribution in [3.8, 4) is 17.5 Å². The Balaban J connectivity index is 1.77. The lowest BCUT2D eigenvalue weighted by Crippen LogP contribution is -2.21. The van der Waals surface area contributed by atoms with E-state index in [0.29, 0.717) is 11.3 Å². The molecule has 0 saturated carbocycles. The molecule has 1 N–H and O–H groups in total. The fourth-order valence-corrected chi connectivity index (χ4v) is 2.31. The summed E-state index contributed by atoms with van der Waals surface area (Å²) < 4.78 is 45.6. The van der Waals surface area contributed by atoms with Crippen molar-refractivity contribution in [3.05, 3.63) is 66.2 Å². The third-order valence-electron chi connectivity index (χ3n) is 3.62. The number of hydrogen-bond acceptors (Lipinski definition) is 5. The lowest BCUT2D eigenvalue weighted by molar-refractivity contribution is -0.137. The monoisotopic (exact) mass is 387 g/mol. The molecule has 0 aliphatic rings. The van der Waals surface area contributed by atoms with Gasteiger partial charge in [0, 0.05) is 0 Å². The van der Waals surface area contributed by atoms with E-state index in [9.17, 15) is 18.0 Å². The summed E-state index contributed by atoms with van der Waals surface area (Å²) in [6.07, 6.45) is -2.05. The quantitative estimate of drug-likeness (QED) is 0.726. The van der Waals surface area contributed by atoms with Crippen LogP contribution in [0.1, 0.15) is 11.1 Å². The second-order valence-electron chi connectivity index (χ2n) is 5.54. The number of ether oxygens (including phenoxy) is 1. The zero-order chi connectivity index (χ0) is 20.1. The number of nitrogens with one attached hydrogen (secondary N) is 1. The molecular formula is C18H12F3N5O2. The van der Waals surface area contributed by atoms with E-state index in [0.717, 1.165) is 12.1 Å². The average molecular weight is 387 g/mol. The van der Waals surface area contributed by atoms with Crippen molar-refractivity contribution in [2.24, 2.45) is 0 Å². The molecule has 1 amide bonds. The van der Waals surface area contributed by atoms with Gasteiger partial charge in [0.05, 0.1) is 28.6 Å². The molecule has 0 unspecified atom stereocenters. The summed E-state index contributed by atoms with van der Waals surface area (Å²) in [4.78, 5) is 15.9. The number of carbonyl (C=O) groups excluding carboxylic acids is 1. The number of hydrogen-bond donors (Lipinski definition) is 1. The minimum atomic E-state index is -4.57. The number of nitriles is 1.